The van der Waals surface area contributed by atoms with Gasteiger partial charge >= 0.3 is 0 Å². The van der Waals surface area contributed by atoms with Crippen molar-refractivity contribution in [3.8, 4) is 11.5 Å². The van der Waals surface area contributed by atoms with Crippen molar-refractivity contribution in [2.45, 2.75) is 6.04 Å². The maximum Gasteiger partial charge on any atom is 0.242 e. The number of thioether (sulfide) groups is 1. The minimum atomic E-state index is -0.133. The Hall–Kier alpha value is -1.40. The number of carbonyl (C=O) groups excluding carboxylic acids is 1. The van der Waals surface area contributed by atoms with Gasteiger partial charge < -0.3 is 20.1 Å². The van der Waals surface area contributed by atoms with Crippen LogP contribution in [0.25, 0.3) is 0 Å². The Labute approximate surface area is 117 Å². The van der Waals surface area contributed by atoms with Crippen LogP contribution in [-0.2, 0) is 4.79 Å². The molecule has 1 aromatic rings. The SMILES string of the molecule is COc1ccc(NC(=O)C2CSCCN2)cc1OC. The largest absolute Gasteiger partial charge is 0.493 e. The molecule has 5 nitrogen and oxygen atoms in total. The van der Waals surface area contributed by atoms with E-state index in [0.717, 1.165) is 18.1 Å². The van der Waals surface area contributed by atoms with Crippen molar-refractivity contribution in [2.24, 2.45) is 0 Å². The molecule has 1 amide bonds. The number of hydrogen-bond donors (Lipinski definition) is 2. The Balaban J connectivity index is 2.03. The molecule has 1 heterocycles. The fourth-order valence-corrected chi connectivity index (χ4v) is 2.81. The second-order valence-electron chi connectivity index (χ2n) is 4.14. The van der Waals surface area contributed by atoms with Crippen molar-refractivity contribution in [1.29, 1.82) is 0 Å². The average Bonchev–Trinajstić information content (AvgIpc) is 2.48. The summed E-state index contributed by atoms with van der Waals surface area (Å²) in [5.41, 5.74) is 0.708. The van der Waals surface area contributed by atoms with Gasteiger partial charge in [0.15, 0.2) is 11.5 Å². The van der Waals surface area contributed by atoms with Gasteiger partial charge in [0.1, 0.15) is 0 Å². The van der Waals surface area contributed by atoms with Crippen molar-refractivity contribution in [3.63, 3.8) is 0 Å². The number of rotatable bonds is 4. The number of carbonyl (C=O) groups is 1. The molecule has 1 atom stereocenters. The summed E-state index contributed by atoms with van der Waals surface area (Å²) in [6.45, 7) is 0.870. The number of anilines is 1. The predicted octanol–water partition coefficient (Wildman–Crippen LogP) is 1.35. The highest BCUT2D eigenvalue weighted by atomic mass is 32.2. The minimum Gasteiger partial charge on any atom is -0.493 e. The van der Waals surface area contributed by atoms with Crippen molar-refractivity contribution in [2.75, 3.05) is 37.6 Å². The summed E-state index contributed by atoms with van der Waals surface area (Å²) in [5, 5.41) is 6.09. The number of ether oxygens (including phenoxy) is 2. The molecule has 0 aliphatic carbocycles. The first-order chi connectivity index (χ1) is 9.24. The van der Waals surface area contributed by atoms with Gasteiger partial charge in [-0.2, -0.15) is 11.8 Å². The fraction of sp³-hybridized carbons (Fsp3) is 0.462. The van der Waals surface area contributed by atoms with Crippen LogP contribution in [0.15, 0.2) is 18.2 Å². The van der Waals surface area contributed by atoms with Gasteiger partial charge in [0, 0.05) is 29.8 Å². The maximum absolute atomic E-state index is 12.1. The molecule has 1 aliphatic heterocycles. The third-order valence-electron chi connectivity index (χ3n) is 2.89. The highest BCUT2D eigenvalue weighted by molar-refractivity contribution is 7.99. The quantitative estimate of drug-likeness (QED) is 0.873. The summed E-state index contributed by atoms with van der Waals surface area (Å²) >= 11 is 1.79. The summed E-state index contributed by atoms with van der Waals surface area (Å²) in [6.07, 6.45) is 0. The monoisotopic (exact) mass is 282 g/mol. The van der Waals surface area contributed by atoms with Crippen LogP contribution in [0.5, 0.6) is 11.5 Å². The zero-order valence-corrected chi connectivity index (χ0v) is 11.9. The van der Waals surface area contributed by atoms with Crippen LogP contribution >= 0.6 is 11.8 Å². The van der Waals surface area contributed by atoms with Crippen molar-refractivity contribution in [3.05, 3.63) is 18.2 Å². The topological polar surface area (TPSA) is 59.6 Å². The second-order valence-corrected chi connectivity index (χ2v) is 5.29. The van der Waals surface area contributed by atoms with E-state index in [0.29, 0.717) is 17.2 Å². The zero-order valence-electron chi connectivity index (χ0n) is 11.1. The van der Waals surface area contributed by atoms with Crippen LogP contribution in [-0.4, -0.2) is 44.2 Å². The summed E-state index contributed by atoms with van der Waals surface area (Å²) in [7, 11) is 3.15. The van der Waals surface area contributed by atoms with E-state index < -0.39 is 0 Å². The van der Waals surface area contributed by atoms with E-state index in [1.54, 1.807) is 44.2 Å². The van der Waals surface area contributed by atoms with Gasteiger partial charge in [-0.05, 0) is 12.1 Å². The molecule has 0 radical (unpaired) electrons. The van der Waals surface area contributed by atoms with Gasteiger partial charge in [0.05, 0.1) is 20.3 Å². The van der Waals surface area contributed by atoms with E-state index in [1.165, 1.54) is 0 Å². The van der Waals surface area contributed by atoms with E-state index in [1.807, 2.05) is 0 Å². The van der Waals surface area contributed by atoms with Crippen LogP contribution in [0.3, 0.4) is 0 Å². The lowest BCUT2D eigenvalue weighted by Gasteiger charge is -2.22. The molecule has 0 bridgehead atoms. The Morgan fingerprint density at radius 3 is 2.79 bits per heavy atom. The van der Waals surface area contributed by atoms with Gasteiger partial charge in [0.2, 0.25) is 5.91 Å². The molecule has 6 heteroatoms. The summed E-state index contributed by atoms with van der Waals surface area (Å²) in [6, 6.07) is 5.20. The highest BCUT2D eigenvalue weighted by Gasteiger charge is 2.21. The number of methoxy groups -OCH3 is 2. The van der Waals surface area contributed by atoms with Crippen molar-refractivity contribution >= 4 is 23.4 Å². The van der Waals surface area contributed by atoms with Gasteiger partial charge in [0.25, 0.3) is 0 Å². The number of hydrogen-bond acceptors (Lipinski definition) is 5. The Kier molecular flexibility index (Phi) is 4.93. The Bertz CT molecular complexity index is 448. The second kappa shape index (κ2) is 6.68. The lowest BCUT2D eigenvalue weighted by molar-refractivity contribution is -0.117. The summed E-state index contributed by atoms with van der Waals surface area (Å²) < 4.78 is 10.4. The molecular weight excluding hydrogens is 264 g/mol. The van der Waals surface area contributed by atoms with Crippen molar-refractivity contribution < 1.29 is 14.3 Å². The Morgan fingerprint density at radius 1 is 1.37 bits per heavy atom. The lowest BCUT2D eigenvalue weighted by Crippen LogP contribution is -2.46. The van der Waals surface area contributed by atoms with E-state index in [2.05, 4.69) is 10.6 Å². The molecule has 19 heavy (non-hydrogen) atoms. The van der Waals surface area contributed by atoms with Crippen LogP contribution in [0.4, 0.5) is 5.69 Å². The van der Waals surface area contributed by atoms with E-state index in [-0.39, 0.29) is 11.9 Å². The third kappa shape index (κ3) is 3.54. The molecule has 0 saturated carbocycles. The smallest absolute Gasteiger partial charge is 0.242 e. The van der Waals surface area contributed by atoms with Crippen LogP contribution < -0.4 is 20.1 Å². The molecule has 1 aromatic carbocycles. The molecule has 1 aliphatic rings. The van der Waals surface area contributed by atoms with Crippen LogP contribution in [0.2, 0.25) is 0 Å². The number of nitrogens with one attached hydrogen (secondary N) is 2. The van der Waals surface area contributed by atoms with E-state index in [4.69, 9.17) is 9.47 Å². The van der Waals surface area contributed by atoms with Gasteiger partial charge in [-0.1, -0.05) is 0 Å². The fourth-order valence-electron chi connectivity index (χ4n) is 1.88. The van der Waals surface area contributed by atoms with E-state index >= 15 is 0 Å². The predicted molar refractivity (Wildman–Crippen MR) is 77.3 cm³/mol. The highest BCUT2D eigenvalue weighted by Crippen LogP contribution is 2.29. The maximum atomic E-state index is 12.1. The lowest BCUT2D eigenvalue weighted by atomic mass is 10.2. The number of benzene rings is 1. The van der Waals surface area contributed by atoms with Gasteiger partial charge in [-0.25, -0.2) is 0 Å². The molecule has 1 saturated heterocycles. The number of amides is 1. The molecule has 2 rings (SSSR count). The zero-order chi connectivity index (χ0) is 13.7. The minimum absolute atomic E-state index is 0.0144. The van der Waals surface area contributed by atoms with Gasteiger partial charge in [-0.3, -0.25) is 4.79 Å². The molecule has 104 valence electrons. The van der Waals surface area contributed by atoms with Crippen molar-refractivity contribution in [1.82, 2.24) is 5.32 Å². The molecule has 0 spiro atoms. The normalized spacial score (nSPS) is 18.7. The Morgan fingerprint density at radius 2 is 2.16 bits per heavy atom. The average molecular weight is 282 g/mol. The van der Waals surface area contributed by atoms with Crippen LogP contribution in [0, 0.1) is 0 Å². The first-order valence-electron chi connectivity index (χ1n) is 6.08. The molecule has 1 unspecified atom stereocenters. The van der Waals surface area contributed by atoms with Crippen LogP contribution in [0.1, 0.15) is 0 Å². The van der Waals surface area contributed by atoms with E-state index in [9.17, 15) is 4.79 Å². The summed E-state index contributed by atoms with van der Waals surface area (Å²) in [4.78, 5) is 12.1. The molecule has 1 fully saturated rings. The first kappa shape index (κ1) is 14.0. The van der Waals surface area contributed by atoms with Gasteiger partial charge in [-0.15, -0.1) is 0 Å². The third-order valence-corrected chi connectivity index (χ3v) is 3.95. The molecular formula is C13H18N2O3S. The standard InChI is InChI=1S/C13H18N2O3S/c1-17-11-4-3-9(7-12(11)18-2)15-13(16)10-8-19-6-5-14-10/h3-4,7,10,14H,5-6,8H2,1-2H3,(H,15,16). The molecule has 0 aromatic heterocycles. The molecule has 2 N–H and O–H groups in total. The first-order valence-corrected chi connectivity index (χ1v) is 7.24. The summed E-state index contributed by atoms with van der Waals surface area (Å²) in [5.74, 6) is 3.09.